The van der Waals surface area contributed by atoms with Crippen molar-refractivity contribution in [2.24, 2.45) is 5.92 Å². The molecule has 1 rings (SSSR count). The lowest BCUT2D eigenvalue weighted by Crippen LogP contribution is -2.55. The Labute approximate surface area is 111 Å². The lowest BCUT2D eigenvalue weighted by atomic mass is 9.97. The molecule has 1 saturated heterocycles. The highest BCUT2D eigenvalue weighted by atomic mass is 16.6. The monoisotopic (exact) mass is 273 g/mol. The van der Waals surface area contributed by atoms with E-state index in [-0.39, 0.29) is 19.8 Å². The van der Waals surface area contributed by atoms with Crippen molar-refractivity contribution in [2.45, 2.75) is 19.9 Å². The molecule has 0 aromatic heterocycles. The predicted molar refractivity (Wildman–Crippen MR) is 64.1 cm³/mol. The zero-order chi connectivity index (χ0) is 14.4. The average molecular weight is 273 g/mol. The molecule has 108 valence electrons. The average Bonchev–Trinajstić information content (AvgIpc) is 2.34. The Balaban J connectivity index is 2.96. The minimum Gasteiger partial charge on any atom is -0.465 e. The third-order valence-corrected chi connectivity index (χ3v) is 2.80. The second-order valence-corrected chi connectivity index (χ2v) is 4.07. The van der Waals surface area contributed by atoms with Crippen molar-refractivity contribution in [2.75, 3.05) is 33.4 Å². The van der Waals surface area contributed by atoms with Gasteiger partial charge in [0.05, 0.1) is 13.2 Å². The van der Waals surface area contributed by atoms with Crippen molar-refractivity contribution in [3.8, 4) is 0 Å². The molecule has 0 aliphatic carbocycles. The number of nitrogens with zero attached hydrogens (tertiary/aromatic N) is 1. The number of carbonyl (C=O) groups excluding carboxylic acids is 3. The molecule has 0 amide bonds. The van der Waals surface area contributed by atoms with Gasteiger partial charge < -0.3 is 14.2 Å². The van der Waals surface area contributed by atoms with Gasteiger partial charge in [0.1, 0.15) is 12.6 Å². The second kappa shape index (κ2) is 7.08. The molecule has 1 aliphatic rings. The van der Waals surface area contributed by atoms with Gasteiger partial charge >= 0.3 is 17.9 Å². The predicted octanol–water partition coefficient (Wildman–Crippen LogP) is -0.414. The van der Waals surface area contributed by atoms with Crippen molar-refractivity contribution >= 4 is 17.9 Å². The molecule has 1 heterocycles. The zero-order valence-corrected chi connectivity index (χ0v) is 11.4. The van der Waals surface area contributed by atoms with Crippen LogP contribution in [0.2, 0.25) is 0 Å². The van der Waals surface area contributed by atoms with Crippen molar-refractivity contribution in [1.29, 1.82) is 0 Å². The Kier molecular flexibility index (Phi) is 5.75. The molecule has 0 aromatic carbocycles. The van der Waals surface area contributed by atoms with E-state index in [4.69, 9.17) is 14.2 Å². The molecule has 7 heteroatoms. The van der Waals surface area contributed by atoms with Gasteiger partial charge in [-0.25, -0.2) is 0 Å². The largest absolute Gasteiger partial charge is 0.465 e. The fraction of sp³-hybridized carbons (Fsp3) is 0.750. The quantitative estimate of drug-likeness (QED) is 0.382. The first-order valence-electron chi connectivity index (χ1n) is 6.23. The first-order valence-corrected chi connectivity index (χ1v) is 6.23. The third kappa shape index (κ3) is 3.66. The maximum atomic E-state index is 11.9. The summed E-state index contributed by atoms with van der Waals surface area (Å²) in [7, 11) is 1.65. The van der Waals surface area contributed by atoms with Gasteiger partial charge in [0.25, 0.3) is 0 Å². The van der Waals surface area contributed by atoms with E-state index in [0.29, 0.717) is 6.54 Å². The van der Waals surface area contributed by atoms with E-state index in [1.54, 1.807) is 25.8 Å². The van der Waals surface area contributed by atoms with Gasteiger partial charge in [0.2, 0.25) is 0 Å². The van der Waals surface area contributed by atoms with Crippen molar-refractivity contribution < 1.29 is 28.6 Å². The number of cyclic esters (lactones) is 1. The zero-order valence-electron chi connectivity index (χ0n) is 11.4. The van der Waals surface area contributed by atoms with Gasteiger partial charge in [-0.1, -0.05) is 0 Å². The summed E-state index contributed by atoms with van der Waals surface area (Å²) in [4.78, 5) is 37.2. The fourth-order valence-corrected chi connectivity index (χ4v) is 1.90. The SMILES string of the molecule is CCOC(=O)C(C(=O)OCC)C1C(=O)OCCN1C. The molecule has 19 heavy (non-hydrogen) atoms. The molecule has 1 unspecified atom stereocenters. The van der Waals surface area contributed by atoms with Gasteiger partial charge in [0.15, 0.2) is 5.92 Å². The Hall–Kier alpha value is -1.63. The van der Waals surface area contributed by atoms with Crippen LogP contribution in [0.3, 0.4) is 0 Å². The molecular formula is C12H19NO6. The summed E-state index contributed by atoms with van der Waals surface area (Å²) in [5.74, 6) is -3.45. The molecule has 1 aliphatic heterocycles. The normalized spacial score (nSPS) is 20.0. The molecule has 0 N–H and O–H groups in total. The Morgan fingerprint density at radius 1 is 1.32 bits per heavy atom. The van der Waals surface area contributed by atoms with E-state index in [1.165, 1.54) is 0 Å². The maximum absolute atomic E-state index is 11.9. The van der Waals surface area contributed by atoms with Crippen LogP contribution in [0.15, 0.2) is 0 Å². The number of ether oxygens (including phenoxy) is 3. The van der Waals surface area contributed by atoms with Crippen LogP contribution in [0.25, 0.3) is 0 Å². The standard InChI is InChI=1S/C12H19NO6/c1-4-17-10(14)8(11(15)18-5-2)9-12(16)19-7-6-13(9)3/h8-9H,4-7H2,1-3H3. The van der Waals surface area contributed by atoms with E-state index in [2.05, 4.69) is 0 Å². The van der Waals surface area contributed by atoms with Gasteiger partial charge in [0, 0.05) is 6.54 Å². The summed E-state index contributed by atoms with van der Waals surface area (Å²) < 4.78 is 14.6. The highest BCUT2D eigenvalue weighted by Gasteiger charge is 2.46. The molecule has 1 atom stereocenters. The Morgan fingerprint density at radius 2 is 1.84 bits per heavy atom. The smallest absolute Gasteiger partial charge is 0.324 e. The second-order valence-electron chi connectivity index (χ2n) is 4.07. The number of likely N-dealkylation sites (N-methyl/N-ethyl adjacent to an activating group) is 1. The summed E-state index contributed by atoms with van der Waals surface area (Å²) in [6.07, 6.45) is 0. The van der Waals surface area contributed by atoms with Crippen LogP contribution in [0.1, 0.15) is 13.8 Å². The summed E-state index contributed by atoms with van der Waals surface area (Å²) in [6.45, 7) is 4.20. The molecule has 0 radical (unpaired) electrons. The molecule has 0 saturated carbocycles. The van der Waals surface area contributed by atoms with Crippen LogP contribution >= 0.6 is 0 Å². The number of rotatable bonds is 5. The van der Waals surface area contributed by atoms with E-state index < -0.39 is 29.9 Å². The number of hydrogen-bond acceptors (Lipinski definition) is 7. The minimum atomic E-state index is -1.31. The minimum absolute atomic E-state index is 0.125. The van der Waals surface area contributed by atoms with Crippen LogP contribution in [0, 0.1) is 5.92 Å². The summed E-state index contributed by atoms with van der Waals surface area (Å²) in [5, 5.41) is 0. The van der Waals surface area contributed by atoms with E-state index >= 15 is 0 Å². The number of hydrogen-bond donors (Lipinski definition) is 0. The van der Waals surface area contributed by atoms with Gasteiger partial charge in [-0.3, -0.25) is 19.3 Å². The van der Waals surface area contributed by atoms with Crippen molar-refractivity contribution in [3.63, 3.8) is 0 Å². The van der Waals surface area contributed by atoms with Crippen LogP contribution in [0.5, 0.6) is 0 Å². The molecule has 0 spiro atoms. The molecule has 7 nitrogen and oxygen atoms in total. The maximum Gasteiger partial charge on any atom is 0.324 e. The van der Waals surface area contributed by atoms with Crippen LogP contribution in [-0.4, -0.2) is 62.3 Å². The number of morpholine rings is 1. The van der Waals surface area contributed by atoms with E-state index in [1.807, 2.05) is 0 Å². The number of carbonyl (C=O) groups is 3. The van der Waals surface area contributed by atoms with Crippen LogP contribution < -0.4 is 0 Å². The topological polar surface area (TPSA) is 82.1 Å². The highest BCUT2D eigenvalue weighted by molar-refractivity contribution is 6.00. The van der Waals surface area contributed by atoms with E-state index in [9.17, 15) is 14.4 Å². The Morgan fingerprint density at radius 3 is 2.26 bits per heavy atom. The molecule has 0 bridgehead atoms. The Bertz CT molecular complexity index is 338. The summed E-state index contributed by atoms with van der Waals surface area (Å²) in [5.41, 5.74) is 0. The molecule has 0 aromatic rings. The molecule has 1 fully saturated rings. The summed E-state index contributed by atoms with van der Waals surface area (Å²) >= 11 is 0. The highest BCUT2D eigenvalue weighted by Crippen LogP contribution is 2.19. The molecular weight excluding hydrogens is 254 g/mol. The lowest BCUT2D eigenvalue weighted by Gasteiger charge is -2.33. The third-order valence-electron chi connectivity index (χ3n) is 2.80. The first-order chi connectivity index (χ1) is 9.02. The first kappa shape index (κ1) is 15.4. The number of esters is 3. The van der Waals surface area contributed by atoms with Crippen molar-refractivity contribution in [3.05, 3.63) is 0 Å². The van der Waals surface area contributed by atoms with Gasteiger partial charge in [-0.05, 0) is 20.9 Å². The van der Waals surface area contributed by atoms with Crippen LogP contribution in [0.4, 0.5) is 0 Å². The van der Waals surface area contributed by atoms with Crippen molar-refractivity contribution in [1.82, 2.24) is 4.90 Å². The summed E-state index contributed by atoms with van der Waals surface area (Å²) in [6, 6.07) is -0.994. The van der Waals surface area contributed by atoms with E-state index in [0.717, 1.165) is 0 Å². The fourth-order valence-electron chi connectivity index (χ4n) is 1.90. The van der Waals surface area contributed by atoms with Crippen LogP contribution in [-0.2, 0) is 28.6 Å². The lowest BCUT2D eigenvalue weighted by molar-refractivity contribution is -0.176. The van der Waals surface area contributed by atoms with Gasteiger partial charge in [-0.15, -0.1) is 0 Å². The van der Waals surface area contributed by atoms with Gasteiger partial charge in [-0.2, -0.15) is 0 Å².